The molecule has 4 heteroatoms. The predicted molar refractivity (Wildman–Crippen MR) is 279 cm³/mol. The second kappa shape index (κ2) is 17.4. The summed E-state index contributed by atoms with van der Waals surface area (Å²) in [5.41, 5.74) is 2.87. The first-order valence-electron chi connectivity index (χ1n) is 30.1. The third-order valence-electron chi connectivity index (χ3n) is 12.0. The molecule has 0 radical (unpaired) electrons. The molecule has 0 saturated heterocycles. The highest BCUT2D eigenvalue weighted by molar-refractivity contribution is 5.98. The number of imidazole rings is 1. The first kappa shape index (κ1) is 28.8. The topological polar surface area (TPSA) is 50.9 Å². The van der Waals surface area contributed by atoms with Crippen molar-refractivity contribution in [2.24, 2.45) is 0 Å². The molecule has 0 unspecified atom stereocenters. The fraction of sp³-hybridized carbons (Fsp3) is 0.226. The van der Waals surface area contributed by atoms with Gasteiger partial charge in [0.1, 0.15) is 11.6 Å². The van der Waals surface area contributed by atoms with Crippen molar-refractivity contribution in [3.05, 3.63) is 192 Å². The molecule has 0 atom stereocenters. The van der Waals surface area contributed by atoms with Crippen LogP contribution in [0.2, 0.25) is 0 Å². The number of benzene rings is 7. The monoisotopic (exact) mass is 880 g/mol. The smallest absolute Gasteiger partial charge is 0.149 e. The first-order valence-corrected chi connectivity index (χ1v) is 22.1. The van der Waals surface area contributed by atoms with E-state index in [0.717, 1.165) is 39.1 Å². The molecule has 0 saturated carbocycles. The van der Waals surface area contributed by atoms with Crippen molar-refractivity contribution in [1.82, 2.24) is 14.5 Å². The number of hydrogen-bond donors (Lipinski definition) is 1. The van der Waals surface area contributed by atoms with Crippen LogP contribution in [0.5, 0.6) is 5.75 Å². The highest BCUT2D eigenvalue weighted by Gasteiger charge is 2.26. The van der Waals surface area contributed by atoms with Gasteiger partial charge in [-0.05, 0) is 138 Å². The lowest BCUT2D eigenvalue weighted by Gasteiger charge is -2.23. The molecule has 0 amide bonds. The van der Waals surface area contributed by atoms with E-state index in [1.54, 1.807) is 12.1 Å². The van der Waals surface area contributed by atoms with E-state index >= 15 is 0 Å². The van der Waals surface area contributed by atoms with Gasteiger partial charge in [-0.1, -0.05) is 178 Å². The van der Waals surface area contributed by atoms with Crippen molar-refractivity contribution < 1.29 is 27.0 Å². The maximum atomic E-state index is 12.4. The van der Waals surface area contributed by atoms with Crippen molar-refractivity contribution in [3.63, 3.8) is 0 Å². The summed E-state index contributed by atoms with van der Waals surface area (Å²) in [5.74, 6) is 0.611. The number of rotatable bonds is 9. The summed E-state index contributed by atoms with van der Waals surface area (Å²) in [6.45, 7) is 2.95. The molecule has 9 aromatic rings. The quantitative estimate of drug-likeness (QED) is 0.157. The van der Waals surface area contributed by atoms with E-state index < -0.39 is 85.1 Å². The minimum Gasteiger partial charge on any atom is -0.507 e. The maximum absolute atomic E-state index is 12.4. The summed E-state index contributed by atoms with van der Waals surface area (Å²) >= 11 is 0. The Labute approximate surface area is 414 Å². The van der Waals surface area contributed by atoms with E-state index in [2.05, 4.69) is 74.5 Å². The van der Waals surface area contributed by atoms with E-state index in [0.29, 0.717) is 39.1 Å². The molecular weight excluding hydrogens is 803 g/mol. The SMILES string of the molecule is [2H]c1nc(-c2cc(-c3ccccc3)cc(-c3cccc4c3nc(-c3cc(C(C)C)cc(C(C)C)c3O)n4-c3cc(-c4ccccc4)cc(C(C)(C)C)c3)c2)c([2H])c(-c2c([2H])c([2H])c(C(C([2H])([2H])[2H])(C([2H])([2H])[2H])C([2H])([2H])[2H])c([2H])c2[2H])c1[2H]. The van der Waals surface area contributed by atoms with Gasteiger partial charge in [-0.15, -0.1) is 0 Å². The van der Waals surface area contributed by atoms with Gasteiger partial charge in [0.25, 0.3) is 0 Å². The van der Waals surface area contributed by atoms with Gasteiger partial charge in [0.05, 0.1) is 31.9 Å². The van der Waals surface area contributed by atoms with Crippen LogP contribution in [0.1, 0.15) is 125 Å². The number of hydrogen-bond acceptors (Lipinski definition) is 3. The van der Waals surface area contributed by atoms with Crippen molar-refractivity contribution in [3.8, 4) is 78.6 Å². The Morgan fingerprint density at radius 1 is 0.561 bits per heavy atom. The van der Waals surface area contributed by atoms with Gasteiger partial charge in [0.15, 0.2) is 0 Å². The van der Waals surface area contributed by atoms with Gasteiger partial charge in [0, 0.05) is 35.3 Å². The third-order valence-corrected chi connectivity index (χ3v) is 12.0. The molecule has 0 bridgehead atoms. The van der Waals surface area contributed by atoms with Crippen LogP contribution >= 0.6 is 0 Å². The van der Waals surface area contributed by atoms with E-state index in [1.165, 1.54) is 0 Å². The lowest BCUT2D eigenvalue weighted by molar-refractivity contribution is 0.466. The summed E-state index contributed by atoms with van der Waals surface area (Å²) < 4.78 is 141. The van der Waals surface area contributed by atoms with Gasteiger partial charge in [-0.3, -0.25) is 9.55 Å². The fourth-order valence-corrected chi connectivity index (χ4v) is 8.29. The average molecular weight is 880 g/mol. The lowest BCUT2D eigenvalue weighted by atomic mass is 9.85. The second-order valence-electron chi connectivity index (χ2n) is 18.5. The Morgan fingerprint density at radius 3 is 1.85 bits per heavy atom. The standard InChI is InChI=1S/C62H61N3O/c1-39(2)45-35-54(40(3)4)59(66)55(36-45)60-64-58-53(22-17-23-57(58)65(60)52-34-47(42-20-15-12-16-21-42)33-51(38-52)62(8,9)10)48-30-46(41-18-13-11-14-19-41)31-49(32-48)56-37-44(28-29-63-56)43-24-26-50(27-25-43)61(5,6)7/h11-40,66H,1-10H3/i5D3,6D3,7D3,24D,25D,26D,27D,28D,29D,37D. The van der Waals surface area contributed by atoms with Crippen LogP contribution in [0.4, 0.5) is 0 Å². The van der Waals surface area contributed by atoms with Gasteiger partial charge >= 0.3 is 0 Å². The van der Waals surface area contributed by atoms with Crippen LogP contribution in [0.15, 0.2) is 170 Å². The molecule has 4 nitrogen and oxygen atoms in total. The van der Waals surface area contributed by atoms with Gasteiger partial charge in [0.2, 0.25) is 0 Å². The molecule has 1 N–H and O–H groups in total. The first-order chi connectivity index (χ1) is 38.2. The van der Waals surface area contributed by atoms with Crippen molar-refractivity contribution in [2.45, 2.75) is 91.7 Å². The van der Waals surface area contributed by atoms with Crippen molar-refractivity contribution in [2.75, 3.05) is 0 Å². The molecule has 330 valence electrons. The van der Waals surface area contributed by atoms with Crippen LogP contribution < -0.4 is 0 Å². The molecule has 7 aromatic carbocycles. The zero-order valence-corrected chi connectivity index (χ0v) is 38.1. The molecule has 2 heterocycles. The van der Waals surface area contributed by atoms with Crippen LogP contribution in [-0.4, -0.2) is 19.6 Å². The molecule has 0 aliphatic carbocycles. The molecule has 0 fully saturated rings. The minimum atomic E-state index is -3.93. The number of phenols is 1. The third kappa shape index (κ3) is 8.73. The Kier molecular flexibility index (Phi) is 7.59. The fourth-order valence-electron chi connectivity index (χ4n) is 8.29. The molecule has 66 heavy (non-hydrogen) atoms. The highest BCUT2D eigenvalue weighted by Crippen LogP contribution is 2.44. The molecule has 0 spiro atoms. The second-order valence-corrected chi connectivity index (χ2v) is 18.5. The van der Waals surface area contributed by atoms with E-state index in [1.807, 2.05) is 98.8 Å². The van der Waals surface area contributed by atoms with Gasteiger partial charge in [-0.25, -0.2) is 4.98 Å². The predicted octanol–water partition coefficient (Wildman–Crippen LogP) is 17.0. The number of aromatic hydroxyl groups is 1. The number of pyridine rings is 1. The van der Waals surface area contributed by atoms with Crippen molar-refractivity contribution >= 4 is 11.0 Å². The van der Waals surface area contributed by atoms with Crippen molar-refractivity contribution in [1.29, 1.82) is 0 Å². The van der Waals surface area contributed by atoms with E-state index in [9.17, 15) is 9.22 Å². The summed E-state index contributed by atoms with van der Waals surface area (Å²) in [6.07, 6.45) is -0.738. The Balaban J connectivity index is 1.36. The summed E-state index contributed by atoms with van der Waals surface area (Å²) in [5, 5.41) is 12.4. The number of phenolic OH excluding ortho intramolecular Hbond substituents is 1. The van der Waals surface area contributed by atoms with Crippen LogP contribution in [0, 0.1) is 0 Å². The molecule has 2 aromatic heterocycles. The summed E-state index contributed by atoms with van der Waals surface area (Å²) in [7, 11) is 0. The summed E-state index contributed by atoms with van der Waals surface area (Å²) in [6, 6.07) is 34.8. The normalized spacial score (nSPS) is 16.2. The Bertz CT molecular complexity index is 3900. The van der Waals surface area contributed by atoms with Gasteiger partial charge in [-0.2, -0.15) is 0 Å². The zero-order chi connectivity index (χ0) is 60.1. The number of nitrogens with zero attached hydrogens (tertiary/aromatic N) is 3. The van der Waals surface area contributed by atoms with Crippen LogP contribution in [0.25, 0.3) is 83.9 Å². The largest absolute Gasteiger partial charge is 0.507 e. The number of para-hydroxylation sites is 1. The zero-order valence-electron chi connectivity index (χ0n) is 54.1. The van der Waals surface area contributed by atoms with E-state index in [4.69, 9.17) is 22.8 Å². The minimum absolute atomic E-state index is 0.0464. The van der Waals surface area contributed by atoms with Gasteiger partial charge < -0.3 is 5.11 Å². The van der Waals surface area contributed by atoms with Crippen LogP contribution in [0.3, 0.4) is 0 Å². The highest BCUT2D eigenvalue weighted by atomic mass is 16.3. The van der Waals surface area contributed by atoms with E-state index in [-0.39, 0.29) is 34.3 Å². The molecule has 0 aliphatic heterocycles. The Hall–Kier alpha value is -7.04. The molecule has 0 aliphatic rings. The molecule has 9 rings (SSSR count). The molecular formula is C62H61N3O. The summed E-state index contributed by atoms with van der Waals surface area (Å²) in [4.78, 5) is 9.95. The lowest BCUT2D eigenvalue weighted by Crippen LogP contribution is -2.12. The van der Waals surface area contributed by atoms with Crippen LogP contribution in [-0.2, 0) is 10.8 Å². The number of fused-ring (bicyclic) bond motifs is 1. The number of aromatic nitrogens is 3. The Morgan fingerprint density at radius 2 is 1.21 bits per heavy atom. The average Bonchev–Trinajstić information content (AvgIpc) is 1.57. The maximum Gasteiger partial charge on any atom is 0.149 e.